The quantitative estimate of drug-likeness (QED) is 0.674. The van der Waals surface area contributed by atoms with Crippen molar-refractivity contribution in [2.24, 2.45) is 5.73 Å². The largest absolute Gasteiger partial charge is 0.329 e. The zero-order valence-electron chi connectivity index (χ0n) is 14.2. The molecular formula is C17H22ClN3O3S2. The standard InChI is InChI=1S/C17H21N3O3S2.ClH/c18-8-9-19-25(22,23)13-5-3-4-12(10-13)20-17(21)15-11-24-16-7-2-1-6-14(15)16;/h3-5,10-11,19H,1-2,6-9,18H2,(H,20,21);1H. The highest BCUT2D eigenvalue weighted by molar-refractivity contribution is 7.89. The van der Waals surface area contributed by atoms with E-state index in [0.29, 0.717) is 11.3 Å². The minimum absolute atomic E-state index is 0. The Bertz CT molecular complexity index is 881. The van der Waals surface area contributed by atoms with Crippen LogP contribution in [0.4, 0.5) is 5.69 Å². The van der Waals surface area contributed by atoms with Crippen LogP contribution in [0.5, 0.6) is 0 Å². The highest BCUT2D eigenvalue weighted by Crippen LogP contribution is 2.30. The molecular weight excluding hydrogens is 394 g/mol. The van der Waals surface area contributed by atoms with E-state index in [4.69, 9.17) is 5.73 Å². The van der Waals surface area contributed by atoms with E-state index in [2.05, 4.69) is 10.0 Å². The highest BCUT2D eigenvalue weighted by atomic mass is 35.5. The first kappa shape index (κ1) is 20.9. The molecule has 1 aromatic carbocycles. The zero-order chi connectivity index (χ0) is 17.9. The van der Waals surface area contributed by atoms with Crippen LogP contribution in [0.15, 0.2) is 34.5 Å². The van der Waals surface area contributed by atoms with E-state index in [9.17, 15) is 13.2 Å². The summed E-state index contributed by atoms with van der Waals surface area (Å²) >= 11 is 1.63. The van der Waals surface area contributed by atoms with Crippen LogP contribution >= 0.6 is 23.7 Å². The Labute approximate surface area is 163 Å². The van der Waals surface area contributed by atoms with Gasteiger partial charge in [-0.1, -0.05) is 6.07 Å². The lowest BCUT2D eigenvalue weighted by Crippen LogP contribution is -2.29. The lowest BCUT2D eigenvalue weighted by atomic mass is 9.95. The van der Waals surface area contributed by atoms with Crippen molar-refractivity contribution in [2.45, 2.75) is 30.6 Å². The van der Waals surface area contributed by atoms with Gasteiger partial charge in [-0.3, -0.25) is 4.79 Å². The second-order valence-corrected chi connectivity index (χ2v) is 8.66. The summed E-state index contributed by atoms with van der Waals surface area (Å²) in [6, 6.07) is 6.23. The van der Waals surface area contributed by atoms with Crippen molar-refractivity contribution < 1.29 is 13.2 Å². The molecule has 2 aromatic rings. The first-order valence-corrected chi connectivity index (χ1v) is 10.6. The predicted molar refractivity (Wildman–Crippen MR) is 107 cm³/mol. The fraction of sp³-hybridized carbons (Fsp3) is 0.353. The maximum Gasteiger partial charge on any atom is 0.256 e. The molecule has 26 heavy (non-hydrogen) atoms. The fourth-order valence-corrected chi connectivity index (χ4v) is 5.12. The summed E-state index contributed by atoms with van der Waals surface area (Å²) < 4.78 is 26.8. The Kier molecular flexibility index (Phi) is 7.19. The van der Waals surface area contributed by atoms with E-state index in [0.717, 1.165) is 24.8 Å². The number of benzene rings is 1. The molecule has 6 nitrogen and oxygen atoms in total. The number of carbonyl (C=O) groups excluding carboxylic acids is 1. The Morgan fingerprint density at radius 2 is 2.00 bits per heavy atom. The number of fused-ring (bicyclic) bond motifs is 1. The van der Waals surface area contributed by atoms with Crippen molar-refractivity contribution in [1.82, 2.24) is 4.72 Å². The number of rotatable bonds is 6. The molecule has 3 rings (SSSR count). The summed E-state index contributed by atoms with van der Waals surface area (Å²) in [6.45, 7) is 0.388. The van der Waals surface area contributed by atoms with Crippen molar-refractivity contribution in [3.05, 3.63) is 45.6 Å². The third-order valence-corrected chi connectivity index (χ3v) is 6.69. The molecule has 1 aliphatic rings. The van der Waals surface area contributed by atoms with E-state index < -0.39 is 10.0 Å². The van der Waals surface area contributed by atoms with Gasteiger partial charge >= 0.3 is 0 Å². The maximum atomic E-state index is 12.6. The van der Waals surface area contributed by atoms with Gasteiger partial charge in [0.2, 0.25) is 10.0 Å². The molecule has 0 aliphatic heterocycles. The van der Waals surface area contributed by atoms with Gasteiger partial charge in [-0.15, -0.1) is 23.7 Å². The molecule has 0 saturated carbocycles. The summed E-state index contributed by atoms with van der Waals surface area (Å²) in [5, 5.41) is 4.71. The molecule has 0 atom stereocenters. The Morgan fingerprint density at radius 1 is 1.23 bits per heavy atom. The molecule has 1 aromatic heterocycles. The van der Waals surface area contributed by atoms with Crippen molar-refractivity contribution in [1.29, 1.82) is 0 Å². The third-order valence-electron chi connectivity index (χ3n) is 4.14. The minimum atomic E-state index is -3.63. The van der Waals surface area contributed by atoms with Crippen LogP contribution in [-0.2, 0) is 22.9 Å². The smallest absolute Gasteiger partial charge is 0.256 e. The molecule has 4 N–H and O–H groups in total. The minimum Gasteiger partial charge on any atom is -0.329 e. The SMILES string of the molecule is Cl.NCCNS(=O)(=O)c1cccc(NC(=O)c2csc3c2CCCC3)c1. The molecule has 142 valence electrons. The number of amides is 1. The zero-order valence-corrected chi connectivity index (χ0v) is 16.6. The fourth-order valence-electron chi connectivity index (χ4n) is 2.90. The Morgan fingerprint density at radius 3 is 2.77 bits per heavy atom. The average Bonchev–Trinajstić information content (AvgIpc) is 3.04. The van der Waals surface area contributed by atoms with Crippen LogP contribution in [0.2, 0.25) is 0 Å². The Balaban J connectivity index is 0.00000243. The number of carbonyl (C=O) groups is 1. The molecule has 9 heteroatoms. The van der Waals surface area contributed by atoms with Crippen LogP contribution in [0, 0.1) is 0 Å². The summed E-state index contributed by atoms with van der Waals surface area (Å²) in [7, 11) is -3.63. The van der Waals surface area contributed by atoms with Crippen molar-refractivity contribution in [3.8, 4) is 0 Å². The predicted octanol–water partition coefficient (Wildman–Crippen LogP) is 2.54. The summed E-state index contributed by atoms with van der Waals surface area (Å²) in [5.74, 6) is -0.191. The van der Waals surface area contributed by atoms with E-state index in [1.165, 1.54) is 23.4 Å². The number of halogens is 1. The lowest BCUT2D eigenvalue weighted by molar-refractivity contribution is 0.102. The summed E-state index contributed by atoms with van der Waals surface area (Å²) in [4.78, 5) is 14.0. The summed E-state index contributed by atoms with van der Waals surface area (Å²) in [6.07, 6.45) is 4.24. The number of anilines is 1. The molecule has 0 radical (unpaired) electrons. The second-order valence-electron chi connectivity index (χ2n) is 5.93. The van der Waals surface area contributed by atoms with E-state index in [1.54, 1.807) is 23.5 Å². The lowest BCUT2D eigenvalue weighted by Gasteiger charge is -2.13. The number of nitrogens with one attached hydrogen (secondary N) is 2. The van der Waals surface area contributed by atoms with Gasteiger partial charge in [0.15, 0.2) is 0 Å². The monoisotopic (exact) mass is 415 g/mol. The van der Waals surface area contributed by atoms with Gasteiger partial charge < -0.3 is 11.1 Å². The van der Waals surface area contributed by atoms with Gasteiger partial charge in [-0.05, 0) is 49.4 Å². The van der Waals surface area contributed by atoms with E-state index >= 15 is 0 Å². The molecule has 0 spiro atoms. The Hall–Kier alpha value is -1.45. The van der Waals surface area contributed by atoms with Gasteiger partial charge in [0.05, 0.1) is 10.5 Å². The number of thiophene rings is 1. The van der Waals surface area contributed by atoms with Crippen LogP contribution < -0.4 is 15.8 Å². The topological polar surface area (TPSA) is 101 Å². The highest BCUT2D eigenvalue weighted by Gasteiger charge is 2.20. The third kappa shape index (κ3) is 4.63. The van der Waals surface area contributed by atoms with Gasteiger partial charge in [0.1, 0.15) is 0 Å². The van der Waals surface area contributed by atoms with Crippen molar-refractivity contribution >= 4 is 45.4 Å². The van der Waals surface area contributed by atoms with Crippen LogP contribution in [-0.4, -0.2) is 27.4 Å². The molecule has 0 fully saturated rings. The first-order chi connectivity index (χ1) is 12.0. The molecule has 0 bridgehead atoms. The second kappa shape index (κ2) is 8.96. The number of hydrogen-bond donors (Lipinski definition) is 3. The van der Waals surface area contributed by atoms with Crippen LogP contribution in [0.25, 0.3) is 0 Å². The molecule has 1 amide bonds. The van der Waals surface area contributed by atoms with E-state index in [-0.39, 0.29) is 36.3 Å². The van der Waals surface area contributed by atoms with Crippen LogP contribution in [0.1, 0.15) is 33.6 Å². The molecule has 1 aliphatic carbocycles. The van der Waals surface area contributed by atoms with Gasteiger partial charge in [-0.25, -0.2) is 13.1 Å². The average molecular weight is 416 g/mol. The van der Waals surface area contributed by atoms with E-state index in [1.807, 2.05) is 5.38 Å². The number of nitrogens with two attached hydrogens (primary N) is 1. The molecule has 1 heterocycles. The van der Waals surface area contributed by atoms with Crippen molar-refractivity contribution in [3.63, 3.8) is 0 Å². The maximum absolute atomic E-state index is 12.6. The van der Waals surface area contributed by atoms with Gasteiger partial charge in [-0.2, -0.15) is 0 Å². The number of aryl methyl sites for hydroxylation is 1. The molecule has 0 saturated heterocycles. The van der Waals surface area contributed by atoms with Gasteiger partial charge in [0, 0.05) is 29.0 Å². The molecule has 0 unspecified atom stereocenters. The number of hydrogen-bond acceptors (Lipinski definition) is 5. The van der Waals surface area contributed by atoms with Crippen LogP contribution in [0.3, 0.4) is 0 Å². The van der Waals surface area contributed by atoms with Gasteiger partial charge in [0.25, 0.3) is 5.91 Å². The normalized spacial score (nSPS) is 13.6. The summed E-state index contributed by atoms with van der Waals surface area (Å²) in [5.41, 5.74) is 7.64. The first-order valence-electron chi connectivity index (χ1n) is 8.21. The number of sulfonamides is 1. The van der Waals surface area contributed by atoms with Crippen molar-refractivity contribution in [2.75, 3.05) is 18.4 Å².